The molecule has 2 nitrogen and oxygen atoms in total. The van der Waals surface area contributed by atoms with Crippen LogP contribution in [0.2, 0.25) is 0 Å². The lowest BCUT2D eigenvalue weighted by molar-refractivity contribution is 0.0772. The molecule has 1 atom stereocenters. The Morgan fingerprint density at radius 1 is 1.62 bits per heavy atom. The number of rotatable bonds is 2. The molecular weight excluding hydrogens is 250 g/mol. The molecule has 1 aliphatic heterocycles. The Morgan fingerprint density at radius 2 is 2.54 bits per heavy atom. The number of halogens is 1. The summed E-state index contributed by atoms with van der Waals surface area (Å²) >= 11 is 5.27. The molecule has 4 heteroatoms. The third-order valence-electron chi connectivity index (χ3n) is 2.07. The topological polar surface area (TPSA) is 21.3 Å². The van der Waals surface area contributed by atoms with Crippen molar-refractivity contribution in [2.24, 2.45) is 0 Å². The lowest BCUT2D eigenvalue weighted by Crippen LogP contribution is -2.42. The lowest BCUT2D eigenvalue weighted by Gasteiger charge is -2.23. The summed E-state index contributed by atoms with van der Waals surface area (Å²) in [6, 6.07) is 4.77. The summed E-state index contributed by atoms with van der Waals surface area (Å²) in [4.78, 5) is 1.41. The third-order valence-corrected chi connectivity index (χ3v) is 3.72. The van der Waals surface area contributed by atoms with Crippen LogP contribution in [0, 0.1) is 0 Å². The quantitative estimate of drug-likeness (QED) is 0.880. The van der Waals surface area contributed by atoms with Crippen LogP contribution in [0.5, 0.6) is 0 Å². The van der Waals surface area contributed by atoms with Crippen molar-refractivity contribution in [3.05, 3.63) is 20.8 Å². The molecule has 2 heterocycles. The average molecular weight is 262 g/mol. The van der Waals surface area contributed by atoms with Crippen molar-refractivity contribution in [1.29, 1.82) is 0 Å². The molecule has 0 bridgehead atoms. The SMILES string of the molecule is Brc1ccc(CC2COCCN2)s1. The summed E-state index contributed by atoms with van der Waals surface area (Å²) in [6.45, 7) is 2.68. The maximum Gasteiger partial charge on any atom is 0.0701 e. The molecule has 72 valence electrons. The van der Waals surface area contributed by atoms with Crippen molar-refractivity contribution in [1.82, 2.24) is 5.32 Å². The Morgan fingerprint density at radius 3 is 3.15 bits per heavy atom. The van der Waals surface area contributed by atoms with Gasteiger partial charge in [-0.3, -0.25) is 0 Å². The number of morpholine rings is 1. The fraction of sp³-hybridized carbons (Fsp3) is 0.556. The lowest BCUT2D eigenvalue weighted by atomic mass is 10.2. The predicted octanol–water partition coefficient (Wildman–Crippen LogP) is 2.04. The second-order valence-corrected chi connectivity index (χ2v) is 5.68. The molecule has 13 heavy (non-hydrogen) atoms. The number of hydrogen-bond acceptors (Lipinski definition) is 3. The van der Waals surface area contributed by atoms with Gasteiger partial charge in [-0.1, -0.05) is 0 Å². The van der Waals surface area contributed by atoms with E-state index in [-0.39, 0.29) is 0 Å². The summed E-state index contributed by atoms with van der Waals surface area (Å²) in [5, 5.41) is 3.44. The van der Waals surface area contributed by atoms with Gasteiger partial charge in [0.25, 0.3) is 0 Å². The van der Waals surface area contributed by atoms with E-state index in [1.165, 1.54) is 8.66 Å². The van der Waals surface area contributed by atoms with Gasteiger partial charge in [0.1, 0.15) is 0 Å². The van der Waals surface area contributed by atoms with E-state index >= 15 is 0 Å². The smallest absolute Gasteiger partial charge is 0.0701 e. The molecular formula is C9H12BrNOS. The van der Waals surface area contributed by atoms with Crippen LogP contribution in [0.25, 0.3) is 0 Å². The van der Waals surface area contributed by atoms with Crippen molar-refractivity contribution < 1.29 is 4.74 Å². The first kappa shape index (κ1) is 9.65. The van der Waals surface area contributed by atoms with Gasteiger partial charge in [0.15, 0.2) is 0 Å². The zero-order chi connectivity index (χ0) is 9.10. The highest BCUT2D eigenvalue weighted by Crippen LogP contribution is 2.23. The van der Waals surface area contributed by atoms with E-state index in [1.54, 1.807) is 11.3 Å². The molecule has 0 radical (unpaired) electrons. The molecule has 1 unspecified atom stereocenters. The first-order valence-corrected chi connectivity index (χ1v) is 6.01. The second-order valence-electron chi connectivity index (χ2n) is 3.14. The largest absolute Gasteiger partial charge is 0.379 e. The summed E-state index contributed by atoms with van der Waals surface area (Å²) in [7, 11) is 0. The van der Waals surface area contributed by atoms with Gasteiger partial charge in [0.2, 0.25) is 0 Å². The molecule has 1 N–H and O–H groups in total. The Kier molecular flexibility index (Phi) is 3.38. The van der Waals surface area contributed by atoms with Gasteiger partial charge in [-0.05, 0) is 34.5 Å². The highest BCUT2D eigenvalue weighted by molar-refractivity contribution is 9.11. The molecule has 1 aliphatic rings. The van der Waals surface area contributed by atoms with E-state index in [2.05, 4.69) is 33.4 Å². The van der Waals surface area contributed by atoms with Crippen molar-refractivity contribution in [2.45, 2.75) is 12.5 Å². The van der Waals surface area contributed by atoms with Crippen LogP contribution in [0.4, 0.5) is 0 Å². The molecule has 0 aromatic carbocycles. The van der Waals surface area contributed by atoms with E-state index in [1.807, 2.05) is 0 Å². The fourth-order valence-electron chi connectivity index (χ4n) is 1.46. The van der Waals surface area contributed by atoms with Crippen LogP contribution in [-0.4, -0.2) is 25.8 Å². The van der Waals surface area contributed by atoms with Gasteiger partial charge in [-0.2, -0.15) is 0 Å². The maximum absolute atomic E-state index is 5.39. The molecule has 1 aromatic heterocycles. The summed E-state index contributed by atoms with van der Waals surface area (Å²) < 4.78 is 6.60. The molecule has 2 rings (SSSR count). The number of hydrogen-bond donors (Lipinski definition) is 1. The van der Waals surface area contributed by atoms with E-state index in [0.717, 1.165) is 26.2 Å². The molecule has 0 spiro atoms. The van der Waals surface area contributed by atoms with E-state index in [9.17, 15) is 0 Å². The summed E-state index contributed by atoms with van der Waals surface area (Å²) in [5.74, 6) is 0. The van der Waals surface area contributed by atoms with Gasteiger partial charge in [-0.25, -0.2) is 0 Å². The monoisotopic (exact) mass is 261 g/mol. The zero-order valence-corrected chi connectivity index (χ0v) is 9.66. The van der Waals surface area contributed by atoms with Crippen molar-refractivity contribution in [2.75, 3.05) is 19.8 Å². The first-order chi connectivity index (χ1) is 6.34. The van der Waals surface area contributed by atoms with E-state index < -0.39 is 0 Å². The van der Waals surface area contributed by atoms with Gasteiger partial charge < -0.3 is 10.1 Å². The summed E-state index contributed by atoms with van der Waals surface area (Å²) in [6.07, 6.45) is 1.08. The third kappa shape index (κ3) is 2.77. The summed E-state index contributed by atoms with van der Waals surface area (Å²) in [5.41, 5.74) is 0. The Hall–Kier alpha value is 0.1000. The molecule has 1 fully saturated rings. The molecule has 1 saturated heterocycles. The Labute approximate surface area is 90.4 Å². The van der Waals surface area contributed by atoms with Crippen LogP contribution >= 0.6 is 27.3 Å². The van der Waals surface area contributed by atoms with Crippen molar-refractivity contribution in [3.63, 3.8) is 0 Å². The minimum atomic E-state index is 0.499. The molecule has 0 amide bonds. The second kappa shape index (κ2) is 4.55. The minimum absolute atomic E-state index is 0.499. The highest BCUT2D eigenvalue weighted by atomic mass is 79.9. The van der Waals surface area contributed by atoms with Crippen molar-refractivity contribution >= 4 is 27.3 Å². The van der Waals surface area contributed by atoms with Crippen LogP contribution < -0.4 is 5.32 Å². The predicted molar refractivity (Wildman–Crippen MR) is 58.3 cm³/mol. The van der Waals surface area contributed by atoms with Crippen LogP contribution in [0.3, 0.4) is 0 Å². The standard InChI is InChI=1S/C9H12BrNOS/c10-9-2-1-8(13-9)5-7-6-12-4-3-11-7/h1-2,7,11H,3-6H2. The Bertz CT molecular complexity index is 270. The Balaban J connectivity index is 1.89. The fourth-order valence-corrected chi connectivity index (χ4v) is 3.02. The van der Waals surface area contributed by atoms with Crippen molar-refractivity contribution in [3.8, 4) is 0 Å². The normalized spacial score (nSPS) is 23.3. The number of thiophene rings is 1. The first-order valence-electron chi connectivity index (χ1n) is 4.40. The van der Waals surface area contributed by atoms with Gasteiger partial charge >= 0.3 is 0 Å². The van der Waals surface area contributed by atoms with Gasteiger partial charge in [0.05, 0.1) is 17.0 Å². The van der Waals surface area contributed by atoms with Gasteiger partial charge in [-0.15, -0.1) is 11.3 Å². The molecule has 0 aliphatic carbocycles. The average Bonchev–Trinajstić information content (AvgIpc) is 2.53. The maximum atomic E-state index is 5.39. The zero-order valence-electron chi connectivity index (χ0n) is 7.25. The minimum Gasteiger partial charge on any atom is -0.379 e. The number of ether oxygens (including phenoxy) is 1. The van der Waals surface area contributed by atoms with E-state index in [4.69, 9.17) is 4.74 Å². The molecule has 0 saturated carbocycles. The number of nitrogens with one attached hydrogen (secondary N) is 1. The molecule has 1 aromatic rings. The van der Waals surface area contributed by atoms with Crippen LogP contribution in [0.15, 0.2) is 15.9 Å². The van der Waals surface area contributed by atoms with E-state index in [0.29, 0.717) is 6.04 Å². The van der Waals surface area contributed by atoms with Crippen LogP contribution in [-0.2, 0) is 11.2 Å². The van der Waals surface area contributed by atoms with Crippen LogP contribution in [0.1, 0.15) is 4.88 Å². The van der Waals surface area contributed by atoms with Gasteiger partial charge in [0, 0.05) is 17.5 Å². The highest BCUT2D eigenvalue weighted by Gasteiger charge is 2.13.